The molecular weight excluding hydrogens is 332 g/mol. The first-order valence-electron chi connectivity index (χ1n) is 7.78. The van der Waals surface area contributed by atoms with Gasteiger partial charge in [0, 0.05) is 18.3 Å². The molecule has 0 atom stereocenters. The Hall–Kier alpha value is -1.80. The van der Waals surface area contributed by atoms with Crippen LogP contribution in [0.2, 0.25) is 0 Å². The van der Waals surface area contributed by atoms with Crippen molar-refractivity contribution in [2.45, 2.75) is 26.2 Å². The molecule has 1 amide bonds. The first kappa shape index (κ1) is 20.2. The predicted octanol–water partition coefficient (Wildman–Crippen LogP) is 2.09. The molecule has 24 heavy (non-hydrogen) atoms. The van der Waals surface area contributed by atoms with Gasteiger partial charge in [-0.2, -0.15) is 4.31 Å². The van der Waals surface area contributed by atoms with Gasteiger partial charge in [-0.1, -0.05) is 19.8 Å². The van der Waals surface area contributed by atoms with E-state index in [2.05, 4.69) is 5.32 Å². The molecule has 1 aromatic carbocycles. The Kier molecular flexibility index (Phi) is 8.00. The monoisotopic (exact) mass is 358 g/mol. The zero-order valence-electron chi connectivity index (χ0n) is 14.7. The molecule has 1 rings (SSSR count). The number of rotatable bonds is 10. The Labute approximate surface area is 144 Å². The first-order chi connectivity index (χ1) is 11.3. The molecule has 1 N–H and O–H groups in total. The molecule has 1 aromatic rings. The summed E-state index contributed by atoms with van der Waals surface area (Å²) in [4.78, 5) is 12.2. The summed E-state index contributed by atoms with van der Waals surface area (Å²) in [7, 11) is -0.402. The minimum absolute atomic E-state index is 0.211. The van der Waals surface area contributed by atoms with E-state index in [4.69, 9.17) is 9.47 Å². The summed E-state index contributed by atoms with van der Waals surface area (Å²) in [6.45, 7) is 2.16. The fraction of sp³-hybridized carbons (Fsp3) is 0.562. The van der Waals surface area contributed by atoms with Crippen molar-refractivity contribution in [1.29, 1.82) is 0 Å². The molecule has 0 spiro atoms. The lowest BCUT2D eigenvalue weighted by Gasteiger charge is -2.19. The maximum Gasteiger partial charge on any atom is 0.239 e. The van der Waals surface area contributed by atoms with E-state index in [0.29, 0.717) is 23.7 Å². The molecule has 0 radical (unpaired) electrons. The van der Waals surface area contributed by atoms with Gasteiger partial charge in [-0.05, 0) is 18.6 Å². The fourth-order valence-electron chi connectivity index (χ4n) is 2.17. The van der Waals surface area contributed by atoms with E-state index < -0.39 is 15.9 Å². The average Bonchev–Trinajstić information content (AvgIpc) is 2.53. The van der Waals surface area contributed by atoms with Crippen LogP contribution in [-0.2, 0) is 14.8 Å². The lowest BCUT2D eigenvalue weighted by Crippen LogP contribution is -2.38. The number of sulfonamides is 1. The van der Waals surface area contributed by atoms with Gasteiger partial charge in [0.2, 0.25) is 15.9 Å². The van der Waals surface area contributed by atoms with E-state index in [0.717, 1.165) is 25.5 Å². The number of hydrogen-bond donors (Lipinski definition) is 1. The van der Waals surface area contributed by atoms with Crippen LogP contribution >= 0.6 is 0 Å². The van der Waals surface area contributed by atoms with Crippen molar-refractivity contribution in [3.8, 4) is 11.5 Å². The van der Waals surface area contributed by atoms with Crippen LogP contribution in [-0.4, -0.2) is 52.2 Å². The molecule has 0 heterocycles. The summed E-state index contributed by atoms with van der Waals surface area (Å²) < 4.78 is 35.1. The summed E-state index contributed by atoms with van der Waals surface area (Å²) in [6, 6.07) is 4.96. The van der Waals surface area contributed by atoms with Crippen molar-refractivity contribution in [3.63, 3.8) is 0 Å². The molecule has 0 unspecified atom stereocenters. The second-order valence-electron chi connectivity index (χ2n) is 5.42. The maximum atomic E-state index is 12.2. The largest absolute Gasteiger partial charge is 0.493 e. The Morgan fingerprint density at radius 2 is 1.83 bits per heavy atom. The van der Waals surface area contributed by atoms with Gasteiger partial charge in [-0.3, -0.25) is 4.79 Å². The molecule has 0 aliphatic rings. The van der Waals surface area contributed by atoms with Gasteiger partial charge in [0.25, 0.3) is 0 Å². The number of hydrogen-bond acceptors (Lipinski definition) is 5. The standard InChI is InChI=1S/C16H26N2O5S/c1-5-6-7-10-18(24(4,20)21)12-16(19)17-13-8-9-14(22-2)15(11-13)23-3/h8-9,11H,5-7,10,12H2,1-4H3,(H,17,19). The number of carbonyl (C=O) groups is 1. The predicted molar refractivity (Wildman–Crippen MR) is 94.1 cm³/mol. The van der Waals surface area contributed by atoms with Gasteiger partial charge in [0.05, 0.1) is 27.0 Å². The maximum absolute atomic E-state index is 12.2. The van der Waals surface area contributed by atoms with Crippen LogP contribution in [0.15, 0.2) is 18.2 Å². The third-order valence-electron chi connectivity index (χ3n) is 3.47. The molecule has 0 aromatic heterocycles. The molecule has 8 heteroatoms. The highest BCUT2D eigenvalue weighted by Gasteiger charge is 2.20. The van der Waals surface area contributed by atoms with E-state index >= 15 is 0 Å². The van der Waals surface area contributed by atoms with Crippen LogP contribution in [0, 0.1) is 0 Å². The summed E-state index contributed by atoms with van der Waals surface area (Å²) >= 11 is 0. The number of benzene rings is 1. The van der Waals surface area contributed by atoms with E-state index in [1.165, 1.54) is 18.5 Å². The molecule has 0 aliphatic heterocycles. The minimum atomic E-state index is -3.43. The zero-order chi connectivity index (χ0) is 18.2. The second kappa shape index (κ2) is 9.48. The van der Waals surface area contributed by atoms with Gasteiger partial charge >= 0.3 is 0 Å². The summed E-state index contributed by atoms with van der Waals surface area (Å²) in [5.41, 5.74) is 0.514. The van der Waals surface area contributed by atoms with Crippen LogP contribution in [0.4, 0.5) is 5.69 Å². The minimum Gasteiger partial charge on any atom is -0.493 e. The summed E-state index contributed by atoms with van der Waals surface area (Å²) in [5, 5.41) is 2.68. The van der Waals surface area contributed by atoms with Gasteiger partial charge in [0.1, 0.15) is 0 Å². The number of nitrogens with one attached hydrogen (secondary N) is 1. The SMILES string of the molecule is CCCCCN(CC(=O)Nc1ccc(OC)c(OC)c1)S(C)(=O)=O. The van der Waals surface area contributed by atoms with Crippen LogP contribution in [0.5, 0.6) is 11.5 Å². The number of nitrogens with zero attached hydrogens (tertiary/aromatic N) is 1. The number of ether oxygens (including phenoxy) is 2. The van der Waals surface area contributed by atoms with Crippen molar-refractivity contribution >= 4 is 21.6 Å². The first-order valence-corrected chi connectivity index (χ1v) is 9.63. The quantitative estimate of drug-likeness (QED) is 0.648. The molecule has 136 valence electrons. The number of amides is 1. The molecular formula is C16H26N2O5S. The van der Waals surface area contributed by atoms with Gasteiger partial charge < -0.3 is 14.8 Å². The molecule has 0 aliphatic carbocycles. The van der Waals surface area contributed by atoms with Crippen molar-refractivity contribution in [3.05, 3.63) is 18.2 Å². The van der Waals surface area contributed by atoms with Crippen LogP contribution in [0.1, 0.15) is 26.2 Å². The third-order valence-corrected chi connectivity index (χ3v) is 4.72. The number of anilines is 1. The molecule has 0 saturated carbocycles. The Morgan fingerprint density at radius 3 is 2.38 bits per heavy atom. The van der Waals surface area contributed by atoms with E-state index in [9.17, 15) is 13.2 Å². The lowest BCUT2D eigenvalue weighted by molar-refractivity contribution is -0.116. The Balaban J connectivity index is 2.75. The molecule has 0 saturated heterocycles. The average molecular weight is 358 g/mol. The van der Waals surface area contributed by atoms with Crippen LogP contribution < -0.4 is 14.8 Å². The molecule has 7 nitrogen and oxygen atoms in total. The Morgan fingerprint density at radius 1 is 1.17 bits per heavy atom. The van der Waals surface area contributed by atoms with E-state index in [1.807, 2.05) is 6.92 Å². The topological polar surface area (TPSA) is 84.9 Å². The third kappa shape index (κ3) is 6.37. The van der Waals surface area contributed by atoms with E-state index in [-0.39, 0.29) is 6.54 Å². The highest BCUT2D eigenvalue weighted by molar-refractivity contribution is 7.88. The molecule has 0 bridgehead atoms. The van der Waals surface area contributed by atoms with Crippen molar-refractivity contribution in [2.75, 3.05) is 38.9 Å². The highest BCUT2D eigenvalue weighted by Crippen LogP contribution is 2.29. The zero-order valence-corrected chi connectivity index (χ0v) is 15.5. The number of unbranched alkanes of at least 4 members (excludes halogenated alkanes) is 2. The van der Waals surface area contributed by atoms with Crippen molar-refractivity contribution in [2.24, 2.45) is 0 Å². The van der Waals surface area contributed by atoms with Gasteiger partial charge in [0.15, 0.2) is 11.5 Å². The van der Waals surface area contributed by atoms with Crippen LogP contribution in [0.3, 0.4) is 0 Å². The molecule has 0 fully saturated rings. The normalized spacial score (nSPS) is 11.4. The highest BCUT2D eigenvalue weighted by atomic mass is 32.2. The summed E-state index contributed by atoms with van der Waals surface area (Å²) in [6.07, 6.45) is 3.74. The Bertz CT molecular complexity index is 646. The smallest absolute Gasteiger partial charge is 0.239 e. The lowest BCUT2D eigenvalue weighted by atomic mass is 10.2. The van der Waals surface area contributed by atoms with Gasteiger partial charge in [-0.15, -0.1) is 0 Å². The van der Waals surface area contributed by atoms with Crippen molar-refractivity contribution in [1.82, 2.24) is 4.31 Å². The summed E-state index contributed by atoms with van der Waals surface area (Å²) in [5.74, 6) is 0.634. The number of carbonyl (C=O) groups excluding carboxylic acids is 1. The van der Waals surface area contributed by atoms with Crippen molar-refractivity contribution < 1.29 is 22.7 Å². The number of methoxy groups -OCH3 is 2. The van der Waals surface area contributed by atoms with Gasteiger partial charge in [-0.25, -0.2) is 8.42 Å². The fourth-order valence-corrected chi connectivity index (χ4v) is 2.99. The van der Waals surface area contributed by atoms with E-state index in [1.54, 1.807) is 18.2 Å². The second-order valence-corrected chi connectivity index (χ2v) is 7.40. The van der Waals surface area contributed by atoms with Crippen LogP contribution in [0.25, 0.3) is 0 Å².